The molecule has 0 unspecified atom stereocenters. The molecule has 172 valence electrons. The Balaban J connectivity index is 2.50. The molecule has 1 aliphatic heterocycles. The van der Waals surface area contributed by atoms with Crippen LogP contribution in [-0.4, -0.2) is 67.7 Å². The third-order valence-electron chi connectivity index (χ3n) is 5.96. The smallest absolute Gasteiger partial charge is 0.330 e. The molecule has 0 aromatic carbocycles. The molecule has 0 bridgehead atoms. The second-order valence-electron chi connectivity index (χ2n) is 9.38. The van der Waals surface area contributed by atoms with Gasteiger partial charge in [0, 0.05) is 18.9 Å². The summed E-state index contributed by atoms with van der Waals surface area (Å²) in [5.41, 5.74) is -0.684. The molecule has 1 aliphatic rings. The highest BCUT2D eigenvalue weighted by atomic mass is 28.4. The molecule has 9 nitrogen and oxygen atoms in total. The first-order valence-electron chi connectivity index (χ1n) is 10.2. The van der Waals surface area contributed by atoms with Crippen molar-refractivity contribution in [1.29, 1.82) is 0 Å². The summed E-state index contributed by atoms with van der Waals surface area (Å²) in [5, 5.41) is 10.4. The van der Waals surface area contributed by atoms with Crippen LogP contribution in [0, 0.1) is 6.92 Å². The monoisotopic (exact) mass is 444 g/mol. The summed E-state index contributed by atoms with van der Waals surface area (Å²) >= 11 is 0. The van der Waals surface area contributed by atoms with Gasteiger partial charge in [-0.15, -0.1) is 0 Å². The maximum atomic E-state index is 12.5. The Morgan fingerprint density at radius 2 is 1.90 bits per heavy atom. The summed E-state index contributed by atoms with van der Waals surface area (Å²) < 4.78 is 25.2. The molecular weight excluding hydrogens is 408 g/mol. The highest BCUT2D eigenvalue weighted by molar-refractivity contribution is 6.74. The van der Waals surface area contributed by atoms with E-state index >= 15 is 0 Å². The van der Waals surface area contributed by atoms with E-state index < -0.39 is 50.2 Å². The molecule has 0 saturated carbocycles. The predicted molar refractivity (Wildman–Crippen MR) is 115 cm³/mol. The van der Waals surface area contributed by atoms with E-state index in [1.807, 2.05) is 0 Å². The molecule has 1 fully saturated rings. The standard InChI is InChI=1S/C20H36N2O7Si/c1-12-11-22(19(25)21-17(12)24)18-16(27-10-9-26-6)15(14(28-18)13(2)23)29-30(7,8)20(3,4)5/h11,13-16,18,23H,9-10H2,1-8H3,(H,21,24,25)/t13-,14-,15-,16-,18-/m1/s1. The number of aromatic nitrogens is 2. The first kappa shape index (κ1) is 25.0. The van der Waals surface area contributed by atoms with Crippen LogP contribution in [-0.2, 0) is 18.6 Å². The second kappa shape index (κ2) is 9.45. The lowest BCUT2D eigenvalue weighted by molar-refractivity contribution is -0.0902. The number of nitrogens with one attached hydrogen (secondary N) is 1. The number of methoxy groups -OCH3 is 1. The molecular formula is C20H36N2O7Si. The van der Waals surface area contributed by atoms with Gasteiger partial charge in [-0.05, 0) is 32.0 Å². The minimum Gasteiger partial charge on any atom is -0.408 e. The van der Waals surface area contributed by atoms with E-state index in [0.29, 0.717) is 12.2 Å². The van der Waals surface area contributed by atoms with Crippen LogP contribution in [0.25, 0.3) is 0 Å². The van der Waals surface area contributed by atoms with E-state index in [0.717, 1.165) is 0 Å². The van der Waals surface area contributed by atoms with Crippen molar-refractivity contribution in [3.05, 3.63) is 32.6 Å². The molecule has 0 aliphatic carbocycles. The molecule has 0 spiro atoms. The van der Waals surface area contributed by atoms with Gasteiger partial charge in [0.15, 0.2) is 14.5 Å². The van der Waals surface area contributed by atoms with Gasteiger partial charge in [-0.3, -0.25) is 14.3 Å². The number of H-pyrrole nitrogens is 1. The number of rotatable bonds is 8. The van der Waals surface area contributed by atoms with E-state index in [1.54, 1.807) is 21.0 Å². The lowest BCUT2D eigenvalue weighted by Gasteiger charge is -2.41. The molecule has 0 amide bonds. The van der Waals surface area contributed by atoms with Crippen LogP contribution in [0.15, 0.2) is 15.8 Å². The zero-order valence-corrected chi connectivity index (χ0v) is 20.2. The number of hydrogen-bond acceptors (Lipinski definition) is 7. The summed E-state index contributed by atoms with van der Waals surface area (Å²) in [6, 6.07) is 0. The minimum absolute atomic E-state index is 0.0726. The third kappa shape index (κ3) is 5.30. The molecule has 1 aromatic rings. The fraction of sp³-hybridized carbons (Fsp3) is 0.800. The Labute approximate surface area is 178 Å². The van der Waals surface area contributed by atoms with Crippen molar-refractivity contribution in [1.82, 2.24) is 9.55 Å². The van der Waals surface area contributed by atoms with Crippen molar-refractivity contribution in [3.8, 4) is 0 Å². The van der Waals surface area contributed by atoms with Crippen LogP contribution in [0.4, 0.5) is 0 Å². The van der Waals surface area contributed by atoms with Gasteiger partial charge in [-0.1, -0.05) is 20.8 Å². The van der Waals surface area contributed by atoms with Crippen molar-refractivity contribution in [2.24, 2.45) is 0 Å². The molecule has 1 aromatic heterocycles. The van der Waals surface area contributed by atoms with Gasteiger partial charge in [0.25, 0.3) is 5.56 Å². The summed E-state index contributed by atoms with van der Waals surface area (Å²) in [5.74, 6) is 0. The van der Waals surface area contributed by atoms with Crippen LogP contribution in [0.2, 0.25) is 18.1 Å². The van der Waals surface area contributed by atoms with Crippen molar-refractivity contribution in [3.63, 3.8) is 0 Å². The van der Waals surface area contributed by atoms with Crippen molar-refractivity contribution in [2.45, 2.75) is 83.4 Å². The molecule has 30 heavy (non-hydrogen) atoms. The van der Waals surface area contributed by atoms with Crippen LogP contribution >= 0.6 is 0 Å². The number of aliphatic hydroxyl groups is 1. The summed E-state index contributed by atoms with van der Waals surface area (Å²) in [4.78, 5) is 26.7. The molecule has 0 radical (unpaired) electrons. The first-order valence-corrected chi connectivity index (χ1v) is 13.1. The summed E-state index contributed by atoms with van der Waals surface area (Å²) in [6.07, 6.45) is -2.22. The van der Waals surface area contributed by atoms with Gasteiger partial charge in [-0.2, -0.15) is 0 Å². The molecule has 1 saturated heterocycles. The number of aryl methyl sites for hydroxylation is 1. The highest BCUT2D eigenvalue weighted by Gasteiger charge is 2.53. The highest BCUT2D eigenvalue weighted by Crippen LogP contribution is 2.42. The van der Waals surface area contributed by atoms with Gasteiger partial charge in [0.2, 0.25) is 0 Å². The maximum Gasteiger partial charge on any atom is 0.330 e. The number of ether oxygens (including phenoxy) is 3. The molecule has 2 N–H and O–H groups in total. The Morgan fingerprint density at radius 1 is 1.27 bits per heavy atom. The zero-order valence-electron chi connectivity index (χ0n) is 19.2. The second-order valence-corrected chi connectivity index (χ2v) is 14.1. The molecule has 2 heterocycles. The van der Waals surface area contributed by atoms with E-state index in [1.165, 1.54) is 10.8 Å². The summed E-state index contributed by atoms with van der Waals surface area (Å²) in [7, 11) is -0.685. The van der Waals surface area contributed by atoms with Crippen LogP contribution in [0.5, 0.6) is 0 Å². The fourth-order valence-electron chi connectivity index (χ4n) is 3.15. The lowest BCUT2D eigenvalue weighted by Crippen LogP contribution is -2.51. The average Bonchev–Trinajstić information content (AvgIpc) is 2.95. The van der Waals surface area contributed by atoms with E-state index in [9.17, 15) is 14.7 Å². The Bertz CT molecular complexity index is 828. The number of aromatic amines is 1. The zero-order chi connectivity index (χ0) is 22.9. The number of aliphatic hydroxyl groups excluding tert-OH is 1. The van der Waals surface area contributed by atoms with E-state index in [2.05, 4.69) is 38.8 Å². The molecule has 2 rings (SSSR count). The fourth-order valence-corrected chi connectivity index (χ4v) is 4.45. The first-order chi connectivity index (χ1) is 13.8. The third-order valence-corrected chi connectivity index (χ3v) is 10.4. The van der Waals surface area contributed by atoms with Gasteiger partial charge in [0.05, 0.1) is 19.3 Å². The Kier molecular flexibility index (Phi) is 7.87. The SMILES string of the molecule is COCCO[C@@H]1[C@H](O[Si](C)(C)C(C)(C)C)[C@@H]([C@@H](C)O)O[C@H]1n1cc(C)c(=O)[nH]c1=O. The maximum absolute atomic E-state index is 12.5. The lowest BCUT2D eigenvalue weighted by atomic mass is 10.1. The molecule has 10 heteroatoms. The van der Waals surface area contributed by atoms with Gasteiger partial charge in [0.1, 0.15) is 18.3 Å². The minimum atomic E-state index is -2.26. The Hall–Kier alpha value is -1.30. The predicted octanol–water partition coefficient (Wildman–Crippen LogP) is 1.55. The number of nitrogens with zero attached hydrogens (tertiary/aromatic N) is 1. The normalized spacial score (nSPS) is 26.2. The van der Waals surface area contributed by atoms with Crippen molar-refractivity contribution < 1.29 is 23.7 Å². The van der Waals surface area contributed by atoms with Crippen LogP contribution in [0.3, 0.4) is 0 Å². The quantitative estimate of drug-likeness (QED) is 0.462. The van der Waals surface area contributed by atoms with Crippen LogP contribution < -0.4 is 11.2 Å². The van der Waals surface area contributed by atoms with Gasteiger partial charge in [-0.25, -0.2) is 4.79 Å². The van der Waals surface area contributed by atoms with E-state index in [4.69, 9.17) is 18.6 Å². The van der Waals surface area contributed by atoms with Gasteiger partial charge < -0.3 is 23.7 Å². The van der Waals surface area contributed by atoms with Gasteiger partial charge >= 0.3 is 5.69 Å². The van der Waals surface area contributed by atoms with E-state index in [-0.39, 0.29) is 11.6 Å². The number of hydrogen-bond donors (Lipinski definition) is 2. The average molecular weight is 445 g/mol. The van der Waals surface area contributed by atoms with Crippen molar-refractivity contribution >= 4 is 8.32 Å². The van der Waals surface area contributed by atoms with Crippen LogP contribution in [0.1, 0.15) is 39.5 Å². The topological polar surface area (TPSA) is 112 Å². The Morgan fingerprint density at radius 3 is 2.43 bits per heavy atom. The molecule has 5 atom stereocenters. The largest absolute Gasteiger partial charge is 0.408 e. The van der Waals surface area contributed by atoms with Crippen molar-refractivity contribution in [2.75, 3.05) is 20.3 Å². The summed E-state index contributed by atoms with van der Waals surface area (Å²) in [6.45, 7) is 14.5.